The van der Waals surface area contributed by atoms with Crippen LogP contribution in [-0.2, 0) is 19.2 Å². The molecule has 0 aliphatic carbocycles. The third-order valence-corrected chi connectivity index (χ3v) is 8.82. The van der Waals surface area contributed by atoms with E-state index in [1.165, 1.54) is 47.0 Å². The molecule has 0 rings (SSSR count). The fourth-order valence-electron chi connectivity index (χ4n) is 1.21. The fraction of sp³-hybridized carbons (Fsp3) is 0.600. The highest BCUT2D eigenvalue weighted by Gasteiger charge is 2.27. The Morgan fingerprint density at radius 3 is 0.885 bits per heavy atom. The molecule has 0 aromatic rings. The lowest BCUT2D eigenvalue weighted by molar-refractivity contribution is -0.119. The van der Waals surface area contributed by atoms with Crippen molar-refractivity contribution in [1.29, 1.82) is 0 Å². The maximum atomic E-state index is 11.4. The molecule has 0 unspecified atom stereocenters. The summed E-state index contributed by atoms with van der Waals surface area (Å²) < 4.78 is -0.675. The smallest absolute Gasteiger partial charge is 0.243 e. The number of amides is 4. The van der Waals surface area contributed by atoms with Crippen molar-refractivity contribution >= 4 is 70.7 Å². The van der Waals surface area contributed by atoms with E-state index in [0.29, 0.717) is 0 Å². The average molecular weight is 447 g/mol. The van der Waals surface area contributed by atoms with Crippen LogP contribution in [0.25, 0.3) is 0 Å². The van der Waals surface area contributed by atoms with Crippen LogP contribution >= 0.6 is 47.0 Å². The lowest BCUT2D eigenvalue weighted by atomic mass is 10.7. The van der Waals surface area contributed by atoms with E-state index in [9.17, 15) is 19.2 Å². The standard InChI is InChI=1S/C10H22N8O4S4/c11-15-5(19)1-23-9(24-2-6(20)16-12)10(25-3-7(21)17-13)26-4-8(22)18-14/h9-10H,1-4,11-14H2,(H,15,19)(H,16,20)(H,17,21)(H,18,22). The first-order chi connectivity index (χ1) is 12.4. The predicted octanol–water partition coefficient (Wildman–Crippen LogP) is -3.47. The summed E-state index contributed by atoms with van der Waals surface area (Å²) in [6.45, 7) is 0. The van der Waals surface area contributed by atoms with E-state index in [1.54, 1.807) is 0 Å². The fourth-order valence-corrected chi connectivity index (χ4v) is 6.90. The summed E-state index contributed by atoms with van der Waals surface area (Å²) in [4.78, 5) is 45.7. The van der Waals surface area contributed by atoms with Gasteiger partial charge in [-0.25, -0.2) is 23.4 Å². The number of nitrogens with one attached hydrogen (secondary N) is 4. The van der Waals surface area contributed by atoms with E-state index in [2.05, 4.69) is 0 Å². The van der Waals surface area contributed by atoms with Gasteiger partial charge in [-0.3, -0.25) is 40.9 Å². The van der Waals surface area contributed by atoms with Crippen LogP contribution in [0.2, 0.25) is 0 Å². The monoisotopic (exact) mass is 446 g/mol. The Morgan fingerprint density at radius 2 is 0.731 bits per heavy atom. The Kier molecular flexibility index (Phi) is 14.7. The van der Waals surface area contributed by atoms with E-state index in [0.717, 1.165) is 0 Å². The van der Waals surface area contributed by atoms with E-state index in [4.69, 9.17) is 23.4 Å². The first-order valence-corrected chi connectivity index (χ1v) is 11.0. The van der Waals surface area contributed by atoms with Gasteiger partial charge in [0.1, 0.15) is 0 Å². The number of hydrogen-bond acceptors (Lipinski definition) is 12. The molecule has 12 N–H and O–H groups in total. The zero-order valence-electron chi connectivity index (χ0n) is 13.6. The number of carbonyl (C=O) groups excluding carboxylic acids is 4. The molecule has 0 aromatic heterocycles. The van der Waals surface area contributed by atoms with Crippen LogP contribution < -0.4 is 45.1 Å². The van der Waals surface area contributed by atoms with E-state index in [-0.39, 0.29) is 32.2 Å². The van der Waals surface area contributed by atoms with Crippen LogP contribution in [0.3, 0.4) is 0 Å². The maximum Gasteiger partial charge on any atom is 0.243 e. The number of hydrazine groups is 4. The summed E-state index contributed by atoms with van der Waals surface area (Å²) in [6, 6.07) is 0. The van der Waals surface area contributed by atoms with Crippen LogP contribution in [0.5, 0.6) is 0 Å². The van der Waals surface area contributed by atoms with Crippen LogP contribution in [0.15, 0.2) is 0 Å². The highest BCUT2D eigenvalue weighted by Crippen LogP contribution is 2.39. The first kappa shape index (κ1) is 25.1. The summed E-state index contributed by atoms with van der Waals surface area (Å²) in [5, 5.41) is 0. The number of hydrogen-bond donors (Lipinski definition) is 8. The second kappa shape index (κ2) is 15.2. The molecule has 0 aromatic carbocycles. The number of thioether (sulfide) groups is 4. The van der Waals surface area contributed by atoms with E-state index < -0.39 is 23.6 Å². The van der Waals surface area contributed by atoms with Gasteiger partial charge in [0.2, 0.25) is 23.6 Å². The lowest BCUT2D eigenvalue weighted by Gasteiger charge is -2.25. The molecule has 0 saturated carbocycles. The molecular formula is C10H22N8O4S4. The Bertz CT molecular complexity index is 404. The van der Waals surface area contributed by atoms with Crippen molar-refractivity contribution in [2.24, 2.45) is 23.4 Å². The molecule has 0 atom stereocenters. The molecule has 0 fully saturated rings. The molecule has 26 heavy (non-hydrogen) atoms. The second-order valence-electron chi connectivity index (χ2n) is 4.25. The van der Waals surface area contributed by atoms with E-state index >= 15 is 0 Å². The van der Waals surface area contributed by atoms with Crippen LogP contribution in [0, 0.1) is 0 Å². The predicted molar refractivity (Wildman–Crippen MR) is 107 cm³/mol. The second-order valence-corrected chi connectivity index (χ2v) is 9.37. The molecule has 0 heterocycles. The van der Waals surface area contributed by atoms with Gasteiger partial charge in [-0.05, 0) is 0 Å². The minimum Gasteiger partial charge on any atom is -0.294 e. The van der Waals surface area contributed by atoms with Gasteiger partial charge in [-0.15, -0.1) is 47.0 Å². The zero-order chi connectivity index (χ0) is 19.9. The van der Waals surface area contributed by atoms with Crippen LogP contribution in [0.4, 0.5) is 0 Å². The molecule has 0 aliphatic rings. The molecule has 12 nitrogen and oxygen atoms in total. The van der Waals surface area contributed by atoms with Gasteiger partial charge in [-0.1, -0.05) is 0 Å². The molecule has 0 radical (unpaired) electrons. The molecule has 4 amide bonds. The topological polar surface area (TPSA) is 220 Å². The summed E-state index contributed by atoms with van der Waals surface area (Å²) in [6.07, 6.45) is 0. The van der Waals surface area contributed by atoms with Crippen molar-refractivity contribution < 1.29 is 19.2 Å². The van der Waals surface area contributed by atoms with Gasteiger partial charge in [-0.2, -0.15) is 0 Å². The minimum absolute atomic E-state index is 0.0300. The van der Waals surface area contributed by atoms with Crippen molar-refractivity contribution in [2.45, 2.75) is 9.16 Å². The normalized spacial score (nSPS) is 10.5. The average Bonchev–Trinajstić information content (AvgIpc) is 2.67. The summed E-state index contributed by atoms with van der Waals surface area (Å²) in [7, 11) is 0. The van der Waals surface area contributed by atoms with Crippen molar-refractivity contribution in [3.8, 4) is 0 Å². The SMILES string of the molecule is NNC(=O)CSC(SCC(=O)NN)C(SCC(=O)NN)SCC(=O)NN. The van der Waals surface area contributed by atoms with Gasteiger partial charge in [0.05, 0.1) is 32.2 Å². The Labute approximate surface area is 167 Å². The number of nitrogens with two attached hydrogens (primary N) is 4. The van der Waals surface area contributed by atoms with Gasteiger partial charge in [0.25, 0.3) is 0 Å². The van der Waals surface area contributed by atoms with Crippen molar-refractivity contribution in [3.05, 3.63) is 0 Å². The maximum absolute atomic E-state index is 11.4. The van der Waals surface area contributed by atoms with Gasteiger partial charge in [0.15, 0.2) is 0 Å². The van der Waals surface area contributed by atoms with Gasteiger partial charge >= 0.3 is 0 Å². The zero-order valence-corrected chi connectivity index (χ0v) is 16.8. The molecule has 16 heteroatoms. The van der Waals surface area contributed by atoms with Crippen LogP contribution in [-0.4, -0.2) is 55.8 Å². The molecular weight excluding hydrogens is 424 g/mol. The largest absolute Gasteiger partial charge is 0.294 e. The number of rotatable bonds is 13. The highest BCUT2D eigenvalue weighted by atomic mass is 32.2. The van der Waals surface area contributed by atoms with Gasteiger partial charge < -0.3 is 0 Å². The molecule has 150 valence electrons. The Hall–Kier alpha value is -0.880. The molecule has 0 aliphatic heterocycles. The quantitative estimate of drug-likeness (QED) is 0.0598. The van der Waals surface area contributed by atoms with Gasteiger partial charge in [0, 0.05) is 0 Å². The Morgan fingerprint density at radius 1 is 0.538 bits per heavy atom. The molecule has 0 saturated heterocycles. The van der Waals surface area contributed by atoms with Crippen molar-refractivity contribution in [3.63, 3.8) is 0 Å². The number of carbonyl (C=O) groups is 4. The Balaban J connectivity index is 5.06. The highest BCUT2D eigenvalue weighted by molar-refractivity contribution is 8.24. The molecule has 0 spiro atoms. The summed E-state index contributed by atoms with van der Waals surface area (Å²) in [5.74, 6) is 18.8. The minimum atomic E-state index is -0.406. The summed E-state index contributed by atoms with van der Waals surface area (Å²) in [5.41, 5.74) is 8.04. The third kappa shape index (κ3) is 11.7. The van der Waals surface area contributed by atoms with Crippen molar-refractivity contribution in [2.75, 3.05) is 23.0 Å². The molecule has 0 bridgehead atoms. The lowest BCUT2D eigenvalue weighted by Crippen LogP contribution is -2.35. The van der Waals surface area contributed by atoms with Crippen LogP contribution in [0.1, 0.15) is 0 Å². The third-order valence-electron chi connectivity index (χ3n) is 2.38. The van der Waals surface area contributed by atoms with Crippen molar-refractivity contribution in [1.82, 2.24) is 21.7 Å². The van der Waals surface area contributed by atoms with E-state index in [1.807, 2.05) is 21.7 Å². The summed E-state index contributed by atoms with van der Waals surface area (Å²) >= 11 is 4.86. The first-order valence-electron chi connectivity index (χ1n) is 6.82.